The number of likely N-dealkylation sites (tertiary alicyclic amines) is 1. The van der Waals surface area contributed by atoms with Crippen LogP contribution in [0.1, 0.15) is 40.0 Å². The molecule has 8 heteroatoms. The van der Waals surface area contributed by atoms with Gasteiger partial charge < -0.3 is 20.3 Å². The van der Waals surface area contributed by atoms with Crippen LogP contribution in [0.4, 0.5) is 0 Å². The van der Waals surface area contributed by atoms with Crippen molar-refractivity contribution < 1.29 is 4.74 Å². The summed E-state index contributed by atoms with van der Waals surface area (Å²) in [5, 5.41) is 7.21. The van der Waals surface area contributed by atoms with Gasteiger partial charge in [0.05, 0.1) is 25.3 Å². The largest absolute Gasteiger partial charge is 0.379 e. The second kappa shape index (κ2) is 12.2. The molecular formula is C20H40IN5OS. The zero-order chi connectivity index (χ0) is 19.1. The van der Waals surface area contributed by atoms with Gasteiger partial charge in [-0.25, -0.2) is 0 Å². The zero-order valence-electron chi connectivity index (χ0n) is 17.9. The van der Waals surface area contributed by atoms with Crippen molar-refractivity contribution in [3.05, 3.63) is 0 Å². The predicted octanol–water partition coefficient (Wildman–Crippen LogP) is 2.24. The van der Waals surface area contributed by atoms with Gasteiger partial charge in [0.1, 0.15) is 0 Å². The molecule has 0 aliphatic carbocycles. The molecule has 0 spiro atoms. The molecule has 0 saturated carbocycles. The highest BCUT2D eigenvalue weighted by Gasteiger charge is 2.40. The maximum Gasteiger partial charge on any atom is 0.191 e. The highest BCUT2D eigenvalue weighted by Crippen LogP contribution is 2.34. The molecule has 3 saturated heterocycles. The first-order chi connectivity index (χ1) is 13.1. The highest BCUT2D eigenvalue weighted by molar-refractivity contribution is 14.0. The second-order valence-corrected chi connectivity index (χ2v) is 9.48. The Labute approximate surface area is 193 Å². The number of thioether (sulfide) groups is 1. The standard InChI is InChI=1S/C20H39N5OS.HI/c1-4-21-19(23-18-5-8-24(9-6-18)17(2)3)22-15-20(7-14-27-16-20)25-10-12-26-13-11-25;/h17-18H,4-16H2,1-3H3,(H2,21,22,23);1H. The van der Waals surface area contributed by atoms with E-state index in [0.717, 1.165) is 45.4 Å². The second-order valence-electron chi connectivity index (χ2n) is 8.37. The van der Waals surface area contributed by atoms with Crippen LogP contribution < -0.4 is 10.6 Å². The van der Waals surface area contributed by atoms with Crippen LogP contribution >= 0.6 is 35.7 Å². The molecule has 1 unspecified atom stereocenters. The number of nitrogens with one attached hydrogen (secondary N) is 2. The summed E-state index contributed by atoms with van der Waals surface area (Å²) in [6, 6.07) is 1.19. The van der Waals surface area contributed by atoms with E-state index in [-0.39, 0.29) is 29.5 Å². The average molecular weight is 526 g/mol. The van der Waals surface area contributed by atoms with Gasteiger partial charge in [-0.3, -0.25) is 9.89 Å². The van der Waals surface area contributed by atoms with Gasteiger partial charge in [0.25, 0.3) is 0 Å². The molecule has 3 heterocycles. The van der Waals surface area contributed by atoms with Crippen LogP contribution in [-0.2, 0) is 4.74 Å². The number of nitrogens with zero attached hydrogens (tertiary/aromatic N) is 3. The fraction of sp³-hybridized carbons (Fsp3) is 0.950. The van der Waals surface area contributed by atoms with E-state index in [4.69, 9.17) is 9.73 Å². The maximum absolute atomic E-state index is 5.58. The molecule has 1 atom stereocenters. The maximum atomic E-state index is 5.58. The summed E-state index contributed by atoms with van der Waals surface area (Å²) in [5.74, 6) is 3.46. The van der Waals surface area contributed by atoms with E-state index >= 15 is 0 Å². The van der Waals surface area contributed by atoms with Crippen molar-refractivity contribution >= 4 is 41.7 Å². The van der Waals surface area contributed by atoms with E-state index < -0.39 is 0 Å². The van der Waals surface area contributed by atoms with Crippen molar-refractivity contribution in [1.29, 1.82) is 0 Å². The Bertz CT molecular complexity index is 473. The number of hydrogen-bond donors (Lipinski definition) is 2. The molecule has 3 rings (SSSR count). The summed E-state index contributed by atoms with van der Waals surface area (Å²) in [6.07, 6.45) is 3.65. The number of hydrogen-bond acceptors (Lipinski definition) is 5. The quantitative estimate of drug-likeness (QED) is 0.315. The number of aliphatic imine (C=N–C) groups is 1. The van der Waals surface area contributed by atoms with Gasteiger partial charge in [-0.1, -0.05) is 0 Å². The molecule has 3 aliphatic rings. The Kier molecular flexibility index (Phi) is 10.7. The van der Waals surface area contributed by atoms with E-state index in [1.54, 1.807) is 0 Å². The smallest absolute Gasteiger partial charge is 0.191 e. The Hall–Kier alpha value is 0.230. The van der Waals surface area contributed by atoms with Crippen LogP contribution in [0.2, 0.25) is 0 Å². The van der Waals surface area contributed by atoms with Gasteiger partial charge in [0.15, 0.2) is 5.96 Å². The van der Waals surface area contributed by atoms with Crippen LogP contribution in [0.15, 0.2) is 4.99 Å². The molecule has 0 radical (unpaired) electrons. The normalized spacial score (nSPS) is 28.4. The fourth-order valence-electron chi connectivity index (χ4n) is 4.41. The third kappa shape index (κ3) is 6.62. The van der Waals surface area contributed by atoms with Crippen LogP contribution in [0.25, 0.3) is 0 Å². The van der Waals surface area contributed by atoms with E-state index in [1.165, 1.54) is 43.9 Å². The molecule has 2 N–H and O–H groups in total. The van der Waals surface area contributed by atoms with Gasteiger partial charge in [-0.15, -0.1) is 24.0 Å². The van der Waals surface area contributed by atoms with Crippen LogP contribution in [-0.4, -0.2) is 97.4 Å². The number of morpholine rings is 1. The van der Waals surface area contributed by atoms with Gasteiger partial charge in [0.2, 0.25) is 0 Å². The summed E-state index contributed by atoms with van der Waals surface area (Å²) in [6.45, 7) is 14.7. The lowest BCUT2D eigenvalue weighted by molar-refractivity contribution is -0.0104. The summed E-state index contributed by atoms with van der Waals surface area (Å²) in [4.78, 5) is 10.3. The molecule has 0 amide bonds. The van der Waals surface area contributed by atoms with Crippen molar-refractivity contribution in [2.45, 2.75) is 57.7 Å². The van der Waals surface area contributed by atoms with E-state index in [2.05, 4.69) is 53.0 Å². The Morgan fingerprint density at radius 3 is 2.50 bits per heavy atom. The molecule has 164 valence electrons. The predicted molar refractivity (Wildman–Crippen MR) is 131 cm³/mol. The van der Waals surface area contributed by atoms with Crippen LogP contribution in [0.5, 0.6) is 0 Å². The molecule has 3 aliphatic heterocycles. The van der Waals surface area contributed by atoms with Crippen molar-refractivity contribution in [1.82, 2.24) is 20.4 Å². The Morgan fingerprint density at radius 1 is 1.21 bits per heavy atom. The first kappa shape index (κ1) is 24.5. The minimum absolute atomic E-state index is 0. The Balaban J connectivity index is 0.00000280. The average Bonchev–Trinajstić information content (AvgIpc) is 3.18. The van der Waals surface area contributed by atoms with Crippen molar-refractivity contribution in [2.24, 2.45) is 4.99 Å². The molecule has 28 heavy (non-hydrogen) atoms. The zero-order valence-corrected chi connectivity index (χ0v) is 21.1. The lowest BCUT2D eigenvalue weighted by Gasteiger charge is -2.42. The third-order valence-electron chi connectivity index (χ3n) is 6.24. The van der Waals surface area contributed by atoms with Crippen molar-refractivity contribution in [3.8, 4) is 0 Å². The number of piperidine rings is 1. The Morgan fingerprint density at radius 2 is 1.93 bits per heavy atom. The monoisotopic (exact) mass is 525 g/mol. The molecule has 0 aromatic carbocycles. The summed E-state index contributed by atoms with van der Waals surface area (Å²) in [7, 11) is 0. The van der Waals surface area contributed by atoms with Gasteiger partial charge in [0, 0.05) is 50.6 Å². The van der Waals surface area contributed by atoms with Crippen molar-refractivity contribution in [3.63, 3.8) is 0 Å². The number of ether oxygens (including phenoxy) is 1. The molecular weight excluding hydrogens is 485 g/mol. The van der Waals surface area contributed by atoms with E-state index in [1.807, 2.05) is 0 Å². The highest BCUT2D eigenvalue weighted by atomic mass is 127. The fourth-order valence-corrected chi connectivity index (χ4v) is 5.87. The summed E-state index contributed by atoms with van der Waals surface area (Å²) in [5.41, 5.74) is 0.220. The SMILES string of the molecule is CCNC(=NCC1(N2CCOCC2)CCSC1)NC1CCN(C(C)C)CC1.I. The molecule has 0 aromatic heterocycles. The first-order valence-corrected chi connectivity index (χ1v) is 12.0. The first-order valence-electron chi connectivity index (χ1n) is 10.8. The molecule has 3 fully saturated rings. The van der Waals surface area contributed by atoms with Gasteiger partial charge >= 0.3 is 0 Å². The third-order valence-corrected chi connectivity index (χ3v) is 7.48. The topological polar surface area (TPSA) is 52.1 Å². The summed E-state index contributed by atoms with van der Waals surface area (Å²) < 4.78 is 5.58. The van der Waals surface area contributed by atoms with Gasteiger partial charge in [-0.2, -0.15) is 11.8 Å². The number of halogens is 1. The van der Waals surface area contributed by atoms with E-state index in [9.17, 15) is 0 Å². The molecule has 0 bridgehead atoms. The van der Waals surface area contributed by atoms with E-state index in [0.29, 0.717) is 12.1 Å². The minimum Gasteiger partial charge on any atom is -0.379 e. The summed E-state index contributed by atoms with van der Waals surface area (Å²) >= 11 is 2.08. The lowest BCUT2D eigenvalue weighted by atomic mass is 9.96. The molecule has 6 nitrogen and oxygen atoms in total. The van der Waals surface area contributed by atoms with Gasteiger partial charge in [-0.05, 0) is 45.8 Å². The van der Waals surface area contributed by atoms with Crippen molar-refractivity contribution in [2.75, 3.05) is 64.0 Å². The molecule has 0 aromatic rings. The lowest BCUT2D eigenvalue weighted by Crippen LogP contribution is -2.56. The minimum atomic E-state index is 0. The van der Waals surface area contributed by atoms with Crippen LogP contribution in [0.3, 0.4) is 0 Å². The number of rotatable bonds is 6. The van der Waals surface area contributed by atoms with Crippen LogP contribution in [0, 0.1) is 0 Å². The number of guanidine groups is 1.